The molecule has 0 aromatic carbocycles. The summed E-state index contributed by atoms with van der Waals surface area (Å²) in [6.45, 7) is 2.01. The van der Waals surface area contributed by atoms with E-state index in [-0.39, 0.29) is 5.91 Å². The molecule has 1 fully saturated rings. The van der Waals surface area contributed by atoms with Gasteiger partial charge in [0, 0.05) is 18.4 Å². The number of aromatic nitrogens is 5. The van der Waals surface area contributed by atoms with Crippen molar-refractivity contribution in [2.75, 3.05) is 5.32 Å². The minimum Gasteiger partial charge on any atom is -0.319 e. The Labute approximate surface area is 143 Å². The minimum absolute atomic E-state index is 0.216. The fourth-order valence-electron chi connectivity index (χ4n) is 3.04. The van der Waals surface area contributed by atoms with Crippen molar-refractivity contribution in [2.24, 2.45) is 0 Å². The van der Waals surface area contributed by atoms with E-state index in [1.54, 1.807) is 23.0 Å². The summed E-state index contributed by atoms with van der Waals surface area (Å²) in [6.07, 6.45) is 9.28. The molecule has 0 bridgehead atoms. The highest BCUT2D eigenvalue weighted by Crippen LogP contribution is 2.36. The van der Waals surface area contributed by atoms with Gasteiger partial charge < -0.3 is 9.88 Å². The molecule has 4 aromatic heterocycles. The first-order valence-electron chi connectivity index (χ1n) is 8.27. The van der Waals surface area contributed by atoms with Crippen LogP contribution in [0.3, 0.4) is 0 Å². The van der Waals surface area contributed by atoms with Crippen molar-refractivity contribution >= 4 is 28.3 Å². The van der Waals surface area contributed by atoms with E-state index in [1.807, 2.05) is 31.6 Å². The Hall–Kier alpha value is -3.22. The zero-order valence-electron chi connectivity index (χ0n) is 13.7. The number of rotatable bonds is 3. The predicted octanol–water partition coefficient (Wildman–Crippen LogP) is 2.97. The molecule has 4 aromatic rings. The Morgan fingerprint density at radius 1 is 1.24 bits per heavy atom. The van der Waals surface area contributed by atoms with Gasteiger partial charge in [-0.2, -0.15) is 5.10 Å². The van der Waals surface area contributed by atoms with Crippen LogP contribution in [0, 0.1) is 6.92 Å². The largest absolute Gasteiger partial charge is 0.319 e. The van der Waals surface area contributed by atoms with Crippen LogP contribution in [0.15, 0.2) is 43.1 Å². The van der Waals surface area contributed by atoms with Crippen LogP contribution >= 0.6 is 0 Å². The highest BCUT2D eigenvalue weighted by molar-refractivity contribution is 6.07. The first-order chi connectivity index (χ1) is 12.2. The van der Waals surface area contributed by atoms with Gasteiger partial charge in [-0.1, -0.05) is 0 Å². The number of carbonyl (C=O) groups excluding carboxylic acids is 1. The van der Waals surface area contributed by atoms with Crippen LogP contribution in [0.4, 0.5) is 5.69 Å². The van der Waals surface area contributed by atoms with Crippen LogP contribution in [0.5, 0.6) is 0 Å². The second kappa shape index (κ2) is 5.14. The summed E-state index contributed by atoms with van der Waals surface area (Å²) in [5.41, 5.74) is 4.72. The van der Waals surface area contributed by atoms with Crippen molar-refractivity contribution in [3.63, 3.8) is 0 Å². The molecule has 0 aliphatic heterocycles. The normalized spacial score (nSPS) is 14.3. The van der Waals surface area contributed by atoms with E-state index in [4.69, 9.17) is 0 Å². The van der Waals surface area contributed by atoms with Crippen molar-refractivity contribution in [1.82, 2.24) is 24.1 Å². The first kappa shape index (κ1) is 14.2. The van der Waals surface area contributed by atoms with Crippen molar-refractivity contribution in [3.05, 3.63) is 54.2 Å². The van der Waals surface area contributed by atoms with Gasteiger partial charge in [-0.25, -0.2) is 14.5 Å². The number of nitrogens with zero attached hydrogens (tertiary/aromatic N) is 5. The number of imidazole rings is 1. The van der Waals surface area contributed by atoms with Gasteiger partial charge >= 0.3 is 0 Å². The maximum Gasteiger partial charge on any atom is 0.257 e. The quantitative estimate of drug-likeness (QED) is 0.626. The van der Waals surface area contributed by atoms with Gasteiger partial charge in [-0.3, -0.25) is 4.79 Å². The minimum atomic E-state index is -0.216. The van der Waals surface area contributed by atoms with E-state index < -0.39 is 0 Å². The lowest BCUT2D eigenvalue weighted by Crippen LogP contribution is -2.12. The highest BCUT2D eigenvalue weighted by Gasteiger charge is 2.25. The summed E-state index contributed by atoms with van der Waals surface area (Å²) in [5.74, 6) is -0.216. The van der Waals surface area contributed by atoms with Gasteiger partial charge in [-0.15, -0.1) is 0 Å². The first-order valence-corrected chi connectivity index (χ1v) is 8.27. The number of aryl methyl sites for hydroxylation is 1. The molecule has 1 aliphatic rings. The Morgan fingerprint density at radius 2 is 2.12 bits per heavy atom. The van der Waals surface area contributed by atoms with Crippen molar-refractivity contribution < 1.29 is 4.79 Å². The van der Waals surface area contributed by atoms with Gasteiger partial charge in [0.25, 0.3) is 5.91 Å². The maximum atomic E-state index is 12.6. The average molecular weight is 332 g/mol. The summed E-state index contributed by atoms with van der Waals surface area (Å²) in [7, 11) is 0. The summed E-state index contributed by atoms with van der Waals surface area (Å²) in [4.78, 5) is 21.4. The van der Waals surface area contributed by atoms with Crippen LogP contribution in [-0.4, -0.2) is 30.1 Å². The number of carbonyl (C=O) groups is 1. The van der Waals surface area contributed by atoms with Crippen LogP contribution in [0.25, 0.3) is 16.7 Å². The van der Waals surface area contributed by atoms with Gasteiger partial charge in [-0.05, 0) is 43.5 Å². The summed E-state index contributed by atoms with van der Waals surface area (Å²) in [6, 6.07) is 6.26. The Morgan fingerprint density at radius 3 is 2.96 bits per heavy atom. The van der Waals surface area contributed by atoms with E-state index in [0.717, 1.165) is 22.2 Å². The molecule has 7 nitrogen and oxygen atoms in total. The summed E-state index contributed by atoms with van der Waals surface area (Å²) in [5, 5.41) is 7.17. The molecule has 1 saturated carbocycles. The average Bonchev–Trinajstić information content (AvgIpc) is 3.26. The van der Waals surface area contributed by atoms with Crippen molar-refractivity contribution in [2.45, 2.75) is 25.8 Å². The molecule has 0 radical (unpaired) electrons. The zero-order valence-corrected chi connectivity index (χ0v) is 13.7. The lowest BCUT2D eigenvalue weighted by atomic mass is 10.2. The Kier molecular flexibility index (Phi) is 2.91. The molecule has 0 saturated heterocycles. The monoisotopic (exact) mass is 332 g/mol. The number of amides is 1. The number of hydrogen-bond donors (Lipinski definition) is 1. The molecule has 0 unspecified atom stereocenters. The standard InChI is InChI=1S/C18H16N6O/c1-11-4-5-24-16(6-11)15(9-21-24)22-18(25)12-7-14-17(19-8-12)23(10-20-14)13-2-3-13/h4-10,13H,2-3H2,1H3,(H,22,25). The van der Waals surface area contributed by atoms with Crippen molar-refractivity contribution in [3.8, 4) is 0 Å². The SMILES string of the molecule is Cc1ccn2ncc(NC(=O)c3cnc4c(c3)ncn4C3CC3)c2c1. The number of nitrogens with one attached hydrogen (secondary N) is 1. The molecular formula is C18H16N6O. The topological polar surface area (TPSA) is 77.1 Å². The summed E-state index contributed by atoms with van der Waals surface area (Å²) < 4.78 is 3.83. The van der Waals surface area contributed by atoms with Crippen LogP contribution in [-0.2, 0) is 0 Å². The van der Waals surface area contributed by atoms with Crippen LogP contribution in [0.1, 0.15) is 34.8 Å². The van der Waals surface area contributed by atoms with E-state index in [0.29, 0.717) is 17.3 Å². The number of hydrogen-bond acceptors (Lipinski definition) is 4. The third kappa shape index (κ3) is 2.36. The molecule has 7 heteroatoms. The molecule has 124 valence electrons. The van der Waals surface area contributed by atoms with Gasteiger partial charge in [0.1, 0.15) is 5.52 Å². The molecule has 1 amide bonds. The molecule has 4 heterocycles. The smallest absolute Gasteiger partial charge is 0.257 e. The lowest BCUT2D eigenvalue weighted by Gasteiger charge is -2.05. The van der Waals surface area contributed by atoms with E-state index in [2.05, 4.69) is 25.0 Å². The van der Waals surface area contributed by atoms with E-state index in [9.17, 15) is 4.79 Å². The molecule has 0 spiro atoms. The molecule has 1 N–H and O–H groups in total. The van der Waals surface area contributed by atoms with Crippen LogP contribution in [0.2, 0.25) is 0 Å². The predicted molar refractivity (Wildman–Crippen MR) is 93.7 cm³/mol. The third-order valence-corrected chi connectivity index (χ3v) is 4.54. The number of anilines is 1. The molecule has 25 heavy (non-hydrogen) atoms. The number of pyridine rings is 2. The van der Waals surface area contributed by atoms with E-state index >= 15 is 0 Å². The third-order valence-electron chi connectivity index (χ3n) is 4.54. The molecule has 1 aliphatic carbocycles. The van der Waals surface area contributed by atoms with Gasteiger partial charge in [0.05, 0.1) is 29.3 Å². The highest BCUT2D eigenvalue weighted by atomic mass is 16.1. The molecular weight excluding hydrogens is 316 g/mol. The lowest BCUT2D eigenvalue weighted by molar-refractivity contribution is 0.102. The second-order valence-electron chi connectivity index (χ2n) is 6.50. The Bertz CT molecular complexity index is 1120. The Balaban J connectivity index is 1.47. The molecule has 5 rings (SSSR count). The molecule has 0 atom stereocenters. The number of fused-ring (bicyclic) bond motifs is 2. The van der Waals surface area contributed by atoms with E-state index in [1.165, 1.54) is 12.8 Å². The van der Waals surface area contributed by atoms with Crippen LogP contribution < -0.4 is 5.32 Å². The fraction of sp³-hybridized carbons (Fsp3) is 0.222. The summed E-state index contributed by atoms with van der Waals surface area (Å²) >= 11 is 0. The van der Waals surface area contributed by atoms with Gasteiger partial charge in [0.15, 0.2) is 5.65 Å². The fourth-order valence-corrected chi connectivity index (χ4v) is 3.04. The maximum absolute atomic E-state index is 12.6. The zero-order chi connectivity index (χ0) is 17.0. The van der Waals surface area contributed by atoms with Crippen molar-refractivity contribution in [1.29, 1.82) is 0 Å². The van der Waals surface area contributed by atoms with Gasteiger partial charge in [0.2, 0.25) is 0 Å². The second-order valence-corrected chi connectivity index (χ2v) is 6.50.